The molecule has 1 rings (SSSR count). The Morgan fingerprint density at radius 3 is 2.12 bits per heavy atom. The quantitative estimate of drug-likeness (QED) is 0.813. The molecule has 2 N–H and O–H groups in total. The monoisotopic (exact) mass is 242 g/mol. The lowest BCUT2D eigenvalue weighted by Crippen LogP contribution is -2.36. The van der Waals surface area contributed by atoms with E-state index < -0.39 is 21.2 Å². The standard InChI is InChI=1S/C10H14N2O3S/c1-12(2)16(14,15)9(10(11)13)8-6-4-3-5-7-8/h3-7,9H,1-2H3,(H2,11,13)/t9-/m0/s1. The number of carbonyl (C=O) groups excluding carboxylic acids is 1. The van der Waals surface area contributed by atoms with Crippen LogP contribution in [0.2, 0.25) is 0 Å². The molecule has 1 aromatic carbocycles. The third-order valence-corrected chi connectivity index (χ3v) is 4.29. The van der Waals surface area contributed by atoms with Gasteiger partial charge in [0.25, 0.3) is 0 Å². The summed E-state index contributed by atoms with van der Waals surface area (Å²) in [4.78, 5) is 11.3. The highest BCUT2D eigenvalue weighted by molar-refractivity contribution is 7.90. The Kier molecular flexibility index (Phi) is 3.66. The van der Waals surface area contributed by atoms with Crippen LogP contribution in [0.4, 0.5) is 0 Å². The second-order valence-electron chi connectivity index (χ2n) is 3.52. The Labute approximate surface area is 94.9 Å². The first-order chi connectivity index (χ1) is 7.37. The Hall–Kier alpha value is -1.40. The Bertz CT molecular complexity index is 468. The van der Waals surface area contributed by atoms with Gasteiger partial charge in [0, 0.05) is 14.1 Å². The molecule has 0 aliphatic heterocycles. The smallest absolute Gasteiger partial charge is 0.241 e. The molecular formula is C10H14N2O3S. The van der Waals surface area contributed by atoms with Gasteiger partial charge < -0.3 is 5.73 Å². The van der Waals surface area contributed by atoms with Gasteiger partial charge in [0.2, 0.25) is 15.9 Å². The summed E-state index contributed by atoms with van der Waals surface area (Å²) in [5, 5.41) is -1.33. The SMILES string of the molecule is CN(C)S(=O)(=O)[C@H](C(N)=O)c1ccccc1. The van der Waals surface area contributed by atoms with Crippen LogP contribution in [0.1, 0.15) is 10.8 Å². The molecule has 0 aromatic heterocycles. The van der Waals surface area contributed by atoms with Gasteiger partial charge in [-0.25, -0.2) is 12.7 Å². The first kappa shape index (κ1) is 12.7. The van der Waals surface area contributed by atoms with Gasteiger partial charge in [-0.3, -0.25) is 4.79 Å². The van der Waals surface area contributed by atoms with Crippen molar-refractivity contribution in [2.24, 2.45) is 5.73 Å². The number of carbonyl (C=O) groups is 1. The van der Waals surface area contributed by atoms with Gasteiger partial charge in [0.05, 0.1) is 0 Å². The summed E-state index contributed by atoms with van der Waals surface area (Å²) in [6.07, 6.45) is 0. The van der Waals surface area contributed by atoms with E-state index in [1.807, 2.05) is 0 Å². The second-order valence-corrected chi connectivity index (χ2v) is 5.75. The number of amides is 1. The molecule has 1 atom stereocenters. The first-order valence-electron chi connectivity index (χ1n) is 4.63. The highest BCUT2D eigenvalue weighted by Gasteiger charge is 2.34. The fourth-order valence-corrected chi connectivity index (χ4v) is 2.54. The van der Waals surface area contributed by atoms with Crippen LogP contribution in [-0.4, -0.2) is 32.7 Å². The molecule has 1 aromatic rings. The topological polar surface area (TPSA) is 80.5 Å². The van der Waals surface area contributed by atoms with Gasteiger partial charge in [-0.1, -0.05) is 30.3 Å². The molecule has 0 spiro atoms. The van der Waals surface area contributed by atoms with E-state index in [1.165, 1.54) is 14.1 Å². The van der Waals surface area contributed by atoms with Crippen LogP contribution in [0.25, 0.3) is 0 Å². The van der Waals surface area contributed by atoms with Crippen molar-refractivity contribution in [1.82, 2.24) is 4.31 Å². The molecule has 88 valence electrons. The summed E-state index contributed by atoms with van der Waals surface area (Å²) < 4.78 is 24.8. The molecule has 0 heterocycles. The predicted octanol–water partition coefficient (Wildman–Crippen LogP) is 0.104. The van der Waals surface area contributed by atoms with Crippen LogP contribution in [0.3, 0.4) is 0 Å². The Balaban J connectivity index is 3.28. The fourth-order valence-electron chi connectivity index (χ4n) is 1.32. The van der Waals surface area contributed by atoms with Crippen molar-refractivity contribution in [3.63, 3.8) is 0 Å². The molecule has 0 aliphatic rings. The molecule has 0 fully saturated rings. The van der Waals surface area contributed by atoms with E-state index in [-0.39, 0.29) is 0 Å². The van der Waals surface area contributed by atoms with Gasteiger partial charge >= 0.3 is 0 Å². The zero-order chi connectivity index (χ0) is 12.3. The van der Waals surface area contributed by atoms with Crippen LogP contribution in [0.15, 0.2) is 30.3 Å². The number of hydrogen-bond acceptors (Lipinski definition) is 3. The number of sulfonamides is 1. The second kappa shape index (κ2) is 4.63. The summed E-state index contributed by atoms with van der Waals surface area (Å²) >= 11 is 0. The molecule has 0 unspecified atom stereocenters. The first-order valence-corrected chi connectivity index (χ1v) is 6.13. The van der Waals surface area contributed by atoms with E-state index in [4.69, 9.17) is 5.73 Å². The molecule has 0 saturated carbocycles. The lowest BCUT2D eigenvalue weighted by molar-refractivity contribution is -0.117. The number of hydrogen-bond donors (Lipinski definition) is 1. The van der Waals surface area contributed by atoms with Crippen molar-refractivity contribution in [2.75, 3.05) is 14.1 Å². The summed E-state index contributed by atoms with van der Waals surface area (Å²) in [5.41, 5.74) is 5.53. The van der Waals surface area contributed by atoms with E-state index >= 15 is 0 Å². The zero-order valence-corrected chi connectivity index (χ0v) is 9.94. The van der Waals surface area contributed by atoms with E-state index in [2.05, 4.69) is 0 Å². The van der Waals surface area contributed by atoms with Crippen molar-refractivity contribution < 1.29 is 13.2 Å². The third-order valence-electron chi connectivity index (χ3n) is 2.17. The van der Waals surface area contributed by atoms with Crippen LogP contribution in [0, 0.1) is 0 Å². The third kappa shape index (κ3) is 2.40. The summed E-state index contributed by atoms with van der Waals surface area (Å²) in [7, 11) is -0.994. The molecule has 0 radical (unpaired) electrons. The molecule has 0 bridgehead atoms. The van der Waals surface area contributed by atoms with Gasteiger partial charge in [-0.05, 0) is 5.56 Å². The van der Waals surface area contributed by atoms with Crippen molar-refractivity contribution in [1.29, 1.82) is 0 Å². The molecule has 1 amide bonds. The summed E-state index contributed by atoms with van der Waals surface area (Å²) in [6.45, 7) is 0. The lowest BCUT2D eigenvalue weighted by atomic mass is 10.1. The maximum absolute atomic E-state index is 11.9. The number of primary amides is 1. The average molecular weight is 242 g/mol. The van der Waals surface area contributed by atoms with Gasteiger partial charge in [0.1, 0.15) is 0 Å². The minimum absolute atomic E-state index is 0.378. The van der Waals surface area contributed by atoms with Crippen LogP contribution in [-0.2, 0) is 14.8 Å². The Morgan fingerprint density at radius 1 is 1.25 bits per heavy atom. The largest absolute Gasteiger partial charge is 0.368 e. The summed E-state index contributed by atoms with van der Waals surface area (Å²) in [5.74, 6) is -0.875. The number of rotatable bonds is 4. The minimum Gasteiger partial charge on any atom is -0.368 e. The van der Waals surface area contributed by atoms with Crippen LogP contribution in [0.5, 0.6) is 0 Å². The molecule has 16 heavy (non-hydrogen) atoms. The van der Waals surface area contributed by atoms with E-state index in [9.17, 15) is 13.2 Å². The van der Waals surface area contributed by atoms with Crippen LogP contribution >= 0.6 is 0 Å². The highest BCUT2D eigenvalue weighted by atomic mass is 32.2. The van der Waals surface area contributed by atoms with Crippen molar-refractivity contribution in [3.8, 4) is 0 Å². The molecule has 6 heteroatoms. The molecule has 5 nitrogen and oxygen atoms in total. The minimum atomic E-state index is -3.73. The number of nitrogens with zero attached hydrogens (tertiary/aromatic N) is 1. The van der Waals surface area contributed by atoms with Crippen LogP contribution < -0.4 is 5.73 Å². The number of nitrogens with two attached hydrogens (primary N) is 1. The normalized spacial score (nSPS) is 13.7. The lowest BCUT2D eigenvalue weighted by Gasteiger charge is -2.19. The fraction of sp³-hybridized carbons (Fsp3) is 0.300. The van der Waals surface area contributed by atoms with E-state index in [0.717, 1.165) is 4.31 Å². The van der Waals surface area contributed by atoms with Crippen molar-refractivity contribution >= 4 is 15.9 Å². The van der Waals surface area contributed by atoms with Gasteiger partial charge in [0.15, 0.2) is 5.25 Å². The molecule has 0 saturated heterocycles. The maximum Gasteiger partial charge on any atom is 0.241 e. The van der Waals surface area contributed by atoms with Gasteiger partial charge in [-0.2, -0.15) is 0 Å². The van der Waals surface area contributed by atoms with Crippen molar-refractivity contribution in [2.45, 2.75) is 5.25 Å². The van der Waals surface area contributed by atoms with Crippen molar-refractivity contribution in [3.05, 3.63) is 35.9 Å². The molecule has 0 aliphatic carbocycles. The van der Waals surface area contributed by atoms with E-state index in [1.54, 1.807) is 30.3 Å². The zero-order valence-electron chi connectivity index (χ0n) is 9.12. The molecular weight excluding hydrogens is 228 g/mol. The Morgan fingerprint density at radius 2 is 1.75 bits per heavy atom. The highest BCUT2D eigenvalue weighted by Crippen LogP contribution is 2.23. The van der Waals surface area contributed by atoms with E-state index in [0.29, 0.717) is 5.56 Å². The maximum atomic E-state index is 11.9. The predicted molar refractivity (Wildman–Crippen MR) is 61.0 cm³/mol. The summed E-state index contributed by atoms with van der Waals surface area (Å²) in [6, 6.07) is 8.20. The van der Waals surface area contributed by atoms with Gasteiger partial charge in [-0.15, -0.1) is 0 Å². The number of benzene rings is 1. The average Bonchev–Trinajstić information content (AvgIpc) is 2.18.